The molecule has 2 aromatic rings. The van der Waals surface area contributed by atoms with Crippen molar-refractivity contribution in [2.24, 2.45) is 5.84 Å². The second-order valence-corrected chi connectivity index (χ2v) is 5.81. The van der Waals surface area contributed by atoms with Gasteiger partial charge in [0.1, 0.15) is 5.01 Å². The van der Waals surface area contributed by atoms with Crippen LogP contribution >= 0.6 is 23.1 Å². The van der Waals surface area contributed by atoms with E-state index in [9.17, 15) is 10.1 Å². The van der Waals surface area contributed by atoms with Crippen LogP contribution in [0.2, 0.25) is 0 Å². The molecule has 0 spiro atoms. The summed E-state index contributed by atoms with van der Waals surface area (Å²) in [5.41, 5.74) is 2.86. The van der Waals surface area contributed by atoms with Crippen molar-refractivity contribution in [2.75, 3.05) is 5.43 Å². The zero-order valence-corrected chi connectivity index (χ0v) is 10.9. The number of hydrogen-bond acceptors (Lipinski definition) is 8. The largest absolute Gasteiger partial charge is 0.324 e. The fraction of sp³-hybridized carbons (Fsp3) is 0.111. The van der Waals surface area contributed by atoms with Crippen molar-refractivity contribution >= 4 is 34.5 Å². The number of aryl methyl sites for hydroxylation is 1. The minimum atomic E-state index is -0.462. The predicted octanol–water partition coefficient (Wildman–Crippen LogP) is 2.19. The first-order valence-electron chi connectivity index (χ1n) is 4.82. The van der Waals surface area contributed by atoms with Crippen LogP contribution in [0.5, 0.6) is 0 Å². The lowest BCUT2D eigenvalue weighted by atomic mass is 10.3. The molecule has 0 amide bonds. The van der Waals surface area contributed by atoms with Crippen molar-refractivity contribution in [3.05, 3.63) is 33.3 Å². The van der Waals surface area contributed by atoms with Gasteiger partial charge in [0.25, 0.3) is 5.69 Å². The van der Waals surface area contributed by atoms with Crippen LogP contribution in [0.25, 0.3) is 0 Å². The zero-order chi connectivity index (χ0) is 13.1. The fourth-order valence-corrected chi connectivity index (χ4v) is 3.13. The van der Waals surface area contributed by atoms with Gasteiger partial charge in [-0.15, -0.1) is 10.2 Å². The molecule has 18 heavy (non-hydrogen) atoms. The van der Waals surface area contributed by atoms with Gasteiger partial charge in [-0.3, -0.25) is 16.0 Å². The third kappa shape index (κ3) is 2.94. The molecule has 0 atom stereocenters. The maximum atomic E-state index is 10.8. The summed E-state index contributed by atoms with van der Waals surface area (Å²) in [4.78, 5) is 11.0. The Bertz CT molecular complexity index is 586. The summed E-state index contributed by atoms with van der Waals surface area (Å²) in [6.45, 7) is 1.85. The van der Waals surface area contributed by atoms with E-state index in [-0.39, 0.29) is 5.69 Å². The molecule has 1 aromatic carbocycles. The van der Waals surface area contributed by atoms with Crippen LogP contribution < -0.4 is 11.3 Å². The Morgan fingerprint density at radius 1 is 1.44 bits per heavy atom. The first kappa shape index (κ1) is 12.7. The summed E-state index contributed by atoms with van der Waals surface area (Å²) < 4.78 is 0.732. The van der Waals surface area contributed by atoms with Crippen molar-refractivity contribution in [1.29, 1.82) is 0 Å². The normalized spacial score (nSPS) is 10.3. The van der Waals surface area contributed by atoms with Crippen molar-refractivity contribution in [2.45, 2.75) is 16.2 Å². The number of nitrogens with zero attached hydrogens (tertiary/aromatic N) is 3. The van der Waals surface area contributed by atoms with Gasteiger partial charge in [-0.1, -0.05) is 23.1 Å². The van der Waals surface area contributed by atoms with E-state index in [0.29, 0.717) is 10.6 Å². The minimum absolute atomic E-state index is 0.0193. The first-order valence-corrected chi connectivity index (χ1v) is 6.46. The molecule has 0 radical (unpaired) electrons. The minimum Gasteiger partial charge on any atom is -0.324 e. The molecule has 0 saturated carbocycles. The molecule has 0 fully saturated rings. The average Bonchev–Trinajstić information content (AvgIpc) is 2.74. The lowest BCUT2D eigenvalue weighted by Crippen LogP contribution is -2.07. The summed E-state index contributed by atoms with van der Waals surface area (Å²) in [5.74, 6) is 5.28. The smallest absolute Gasteiger partial charge is 0.272 e. The van der Waals surface area contributed by atoms with E-state index in [0.717, 1.165) is 9.35 Å². The summed E-state index contributed by atoms with van der Waals surface area (Å²) in [7, 11) is 0. The number of non-ortho nitro benzene ring substituents is 1. The van der Waals surface area contributed by atoms with Gasteiger partial charge in [-0.2, -0.15) is 0 Å². The second kappa shape index (κ2) is 5.29. The second-order valence-electron chi connectivity index (χ2n) is 3.31. The van der Waals surface area contributed by atoms with Crippen LogP contribution in [-0.2, 0) is 0 Å². The Balaban J connectivity index is 2.32. The molecule has 0 unspecified atom stereocenters. The molecule has 0 saturated heterocycles. The number of nitro benzene ring substituents is 1. The number of nitrogens with one attached hydrogen (secondary N) is 1. The number of anilines is 1. The van der Waals surface area contributed by atoms with Crippen LogP contribution in [0.3, 0.4) is 0 Å². The number of hydrazine groups is 1. The molecule has 9 heteroatoms. The van der Waals surface area contributed by atoms with E-state index < -0.39 is 4.92 Å². The Morgan fingerprint density at radius 2 is 2.22 bits per heavy atom. The number of nitro groups is 1. The Kier molecular flexibility index (Phi) is 3.75. The van der Waals surface area contributed by atoms with Gasteiger partial charge in [-0.25, -0.2) is 0 Å². The molecule has 0 bridgehead atoms. The number of aromatic nitrogens is 2. The molecular weight excluding hydrogens is 274 g/mol. The van der Waals surface area contributed by atoms with Crippen LogP contribution in [0.4, 0.5) is 11.4 Å². The number of nitrogen functional groups attached to an aromatic ring is 1. The van der Waals surface area contributed by atoms with E-state index >= 15 is 0 Å². The number of nitrogens with two attached hydrogens (primary N) is 1. The van der Waals surface area contributed by atoms with E-state index in [4.69, 9.17) is 5.84 Å². The van der Waals surface area contributed by atoms with Gasteiger partial charge in [0.15, 0.2) is 4.34 Å². The highest BCUT2D eigenvalue weighted by Gasteiger charge is 2.11. The summed E-state index contributed by atoms with van der Waals surface area (Å²) in [6.07, 6.45) is 0. The third-order valence-corrected chi connectivity index (χ3v) is 3.84. The highest BCUT2D eigenvalue weighted by atomic mass is 32.2. The van der Waals surface area contributed by atoms with Gasteiger partial charge in [0.05, 0.1) is 10.6 Å². The van der Waals surface area contributed by atoms with Crippen molar-refractivity contribution in [3.8, 4) is 0 Å². The highest BCUT2D eigenvalue weighted by Crippen LogP contribution is 2.33. The number of benzene rings is 1. The number of hydrogen-bond donors (Lipinski definition) is 2. The van der Waals surface area contributed by atoms with Crippen molar-refractivity contribution in [1.82, 2.24) is 10.2 Å². The van der Waals surface area contributed by atoms with Crippen molar-refractivity contribution in [3.63, 3.8) is 0 Å². The Labute approximate surface area is 111 Å². The van der Waals surface area contributed by atoms with Gasteiger partial charge >= 0.3 is 0 Å². The maximum Gasteiger partial charge on any atom is 0.272 e. The lowest BCUT2D eigenvalue weighted by molar-refractivity contribution is -0.385. The average molecular weight is 283 g/mol. The standard InChI is InChI=1S/C9H9N5O2S2/c1-5-12-13-9(17-5)18-8-3-6(11-10)2-7(4-8)14(15)16/h2-4,11H,10H2,1H3. The Hall–Kier alpha value is -1.71. The molecular formula is C9H9N5O2S2. The Morgan fingerprint density at radius 3 is 2.78 bits per heavy atom. The van der Waals surface area contributed by atoms with E-state index in [1.807, 2.05) is 6.92 Å². The number of rotatable bonds is 4. The SMILES string of the molecule is Cc1nnc(Sc2cc(NN)cc([N+](=O)[O-])c2)s1. The van der Waals surface area contributed by atoms with Crippen LogP contribution in [0, 0.1) is 17.0 Å². The lowest BCUT2D eigenvalue weighted by Gasteiger charge is -2.03. The molecule has 1 heterocycles. The first-order chi connectivity index (χ1) is 8.58. The predicted molar refractivity (Wildman–Crippen MR) is 69.7 cm³/mol. The van der Waals surface area contributed by atoms with E-state index in [1.165, 1.54) is 35.2 Å². The molecule has 0 aliphatic carbocycles. The molecule has 2 rings (SSSR count). The summed E-state index contributed by atoms with van der Waals surface area (Å²) >= 11 is 2.74. The summed E-state index contributed by atoms with van der Waals surface area (Å²) in [5, 5.41) is 19.5. The van der Waals surface area contributed by atoms with Gasteiger partial charge < -0.3 is 5.43 Å². The molecule has 1 aromatic heterocycles. The molecule has 3 N–H and O–H groups in total. The third-order valence-electron chi connectivity index (χ3n) is 1.98. The van der Waals surface area contributed by atoms with E-state index in [2.05, 4.69) is 15.6 Å². The van der Waals surface area contributed by atoms with Crippen LogP contribution in [0.15, 0.2) is 27.4 Å². The van der Waals surface area contributed by atoms with E-state index in [1.54, 1.807) is 6.07 Å². The van der Waals surface area contributed by atoms with Gasteiger partial charge in [-0.05, 0) is 13.0 Å². The quantitative estimate of drug-likeness (QED) is 0.503. The highest BCUT2D eigenvalue weighted by molar-refractivity contribution is 8.01. The summed E-state index contributed by atoms with van der Waals surface area (Å²) in [6, 6.07) is 4.56. The molecule has 94 valence electrons. The zero-order valence-electron chi connectivity index (χ0n) is 9.28. The van der Waals surface area contributed by atoms with Crippen LogP contribution in [-0.4, -0.2) is 15.1 Å². The fourth-order valence-electron chi connectivity index (χ4n) is 1.25. The molecule has 0 aliphatic heterocycles. The molecule has 0 aliphatic rings. The monoisotopic (exact) mass is 283 g/mol. The van der Waals surface area contributed by atoms with Crippen molar-refractivity contribution < 1.29 is 4.92 Å². The van der Waals surface area contributed by atoms with Gasteiger partial charge in [0, 0.05) is 17.0 Å². The topological polar surface area (TPSA) is 107 Å². The van der Waals surface area contributed by atoms with Crippen LogP contribution in [0.1, 0.15) is 5.01 Å². The maximum absolute atomic E-state index is 10.8. The van der Waals surface area contributed by atoms with Gasteiger partial charge in [0.2, 0.25) is 0 Å². The molecule has 7 nitrogen and oxygen atoms in total.